The van der Waals surface area contributed by atoms with Gasteiger partial charge in [-0.05, 0) is 31.4 Å². The number of benzene rings is 1. The van der Waals surface area contributed by atoms with Crippen LogP contribution in [0.4, 0.5) is 5.69 Å². The molecule has 2 rings (SSSR count). The first-order valence-corrected chi connectivity index (χ1v) is 7.11. The molecule has 1 aliphatic rings. The fourth-order valence-corrected chi connectivity index (χ4v) is 2.69. The molecule has 0 spiro atoms. The lowest BCUT2D eigenvalue weighted by Crippen LogP contribution is -2.52. The number of aryl methyl sites for hydroxylation is 1. The molecule has 20 heavy (non-hydrogen) atoms. The van der Waals surface area contributed by atoms with Crippen LogP contribution < -0.4 is 10.2 Å². The molecule has 1 heterocycles. The van der Waals surface area contributed by atoms with Gasteiger partial charge in [-0.15, -0.1) is 0 Å². The van der Waals surface area contributed by atoms with Gasteiger partial charge in [0, 0.05) is 12.6 Å². The molecule has 1 amide bonds. The van der Waals surface area contributed by atoms with E-state index in [4.69, 9.17) is 0 Å². The van der Waals surface area contributed by atoms with Crippen molar-refractivity contribution in [3.05, 3.63) is 29.3 Å². The Morgan fingerprint density at radius 2 is 2.20 bits per heavy atom. The third kappa shape index (κ3) is 2.83. The molecule has 0 radical (unpaired) electrons. The molecule has 1 aromatic carbocycles. The van der Waals surface area contributed by atoms with Crippen LogP contribution in [0.15, 0.2) is 18.2 Å². The number of carbonyl (C=O) groups excluding carboxylic acids is 1. The molecule has 1 unspecified atom stereocenters. The largest absolute Gasteiger partial charge is 0.310 e. The summed E-state index contributed by atoms with van der Waals surface area (Å²) in [5, 5.41) is 12.6. The van der Waals surface area contributed by atoms with Crippen molar-refractivity contribution in [3.8, 4) is 6.07 Å². The van der Waals surface area contributed by atoms with E-state index in [1.165, 1.54) is 0 Å². The average molecular weight is 271 g/mol. The number of nitriles is 1. The summed E-state index contributed by atoms with van der Waals surface area (Å²) in [4.78, 5) is 14.4. The Morgan fingerprint density at radius 1 is 1.45 bits per heavy atom. The fourth-order valence-electron chi connectivity index (χ4n) is 2.69. The minimum atomic E-state index is -0.143. The van der Waals surface area contributed by atoms with Crippen molar-refractivity contribution in [1.29, 1.82) is 5.26 Å². The number of hydrogen-bond donors (Lipinski definition) is 1. The van der Waals surface area contributed by atoms with Crippen LogP contribution in [0.3, 0.4) is 0 Å². The van der Waals surface area contributed by atoms with Gasteiger partial charge in [0.2, 0.25) is 5.91 Å². The molecule has 4 heteroatoms. The second-order valence-corrected chi connectivity index (χ2v) is 5.59. The molecule has 1 aliphatic heterocycles. The Hall–Kier alpha value is -1.86. The molecule has 0 saturated carbocycles. The van der Waals surface area contributed by atoms with Gasteiger partial charge in [-0.1, -0.05) is 26.0 Å². The van der Waals surface area contributed by atoms with E-state index in [2.05, 4.69) is 11.4 Å². The highest BCUT2D eigenvalue weighted by atomic mass is 16.2. The molecule has 106 valence electrons. The van der Waals surface area contributed by atoms with Gasteiger partial charge in [-0.25, -0.2) is 0 Å². The van der Waals surface area contributed by atoms with Crippen molar-refractivity contribution in [1.82, 2.24) is 5.32 Å². The van der Waals surface area contributed by atoms with Crippen molar-refractivity contribution < 1.29 is 4.79 Å². The van der Waals surface area contributed by atoms with Crippen molar-refractivity contribution in [2.75, 3.05) is 11.4 Å². The van der Waals surface area contributed by atoms with Crippen molar-refractivity contribution in [3.63, 3.8) is 0 Å². The maximum absolute atomic E-state index is 12.6. The average Bonchev–Trinajstić information content (AvgIpc) is 2.40. The molecule has 0 bridgehead atoms. The zero-order valence-corrected chi connectivity index (χ0v) is 12.3. The topological polar surface area (TPSA) is 56.1 Å². The SMILES string of the molecule is Cc1cccc(N2CCCC(NC(C)C)C2=O)c1C#N. The predicted molar refractivity (Wildman–Crippen MR) is 79.5 cm³/mol. The lowest BCUT2D eigenvalue weighted by Gasteiger charge is -2.34. The fraction of sp³-hybridized carbons (Fsp3) is 0.500. The molecular weight excluding hydrogens is 250 g/mol. The number of hydrogen-bond acceptors (Lipinski definition) is 3. The van der Waals surface area contributed by atoms with Crippen LogP contribution >= 0.6 is 0 Å². The summed E-state index contributed by atoms with van der Waals surface area (Å²) in [5.41, 5.74) is 2.26. The first-order chi connectivity index (χ1) is 9.54. The van der Waals surface area contributed by atoms with Crippen LogP contribution in [0.2, 0.25) is 0 Å². The van der Waals surface area contributed by atoms with Gasteiger partial charge in [0.05, 0.1) is 17.3 Å². The van der Waals surface area contributed by atoms with Crippen LogP contribution in [0, 0.1) is 18.3 Å². The Morgan fingerprint density at radius 3 is 2.85 bits per heavy atom. The molecule has 1 saturated heterocycles. The van der Waals surface area contributed by atoms with Crippen LogP contribution in [0.25, 0.3) is 0 Å². The smallest absolute Gasteiger partial charge is 0.244 e. The van der Waals surface area contributed by atoms with Crippen molar-refractivity contribution >= 4 is 11.6 Å². The number of carbonyl (C=O) groups is 1. The second-order valence-electron chi connectivity index (χ2n) is 5.59. The third-order valence-electron chi connectivity index (χ3n) is 3.63. The van der Waals surface area contributed by atoms with Crippen LogP contribution in [-0.2, 0) is 4.79 Å². The van der Waals surface area contributed by atoms with Crippen LogP contribution in [0.5, 0.6) is 0 Å². The summed E-state index contributed by atoms with van der Waals surface area (Å²) in [6.45, 7) is 6.67. The maximum Gasteiger partial charge on any atom is 0.244 e. The van der Waals surface area contributed by atoms with E-state index < -0.39 is 0 Å². The van der Waals surface area contributed by atoms with Gasteiger partial charge >= 0.3 is 0 Å². The van der Waals surface area contributed by atoms with Gasteiger partial charge in [0.1, 0.15) is 6.07 Å². The zero-order valence-electron chi connectivity index (χ0n) is 12.3. The first kappa shape index (κ1) is 14.5. The van der Waals surface area contributed by atoms with E-state index in [9.17, 15) is 10.1 Å². The number of nitrogens with zero attached hydrogens (tertiary/aromatic N) is 2. The summed E-state index contributed by atoms with van der Waals surface area (Å²) in [5.74, 6) is 0.0760. The third-order valence-corrected chi connectivity index (χ3v) is 3.63. The molecule has 0 aliphatic carbocycles. The van der Waals surface area contributed by atoms with E-state index in [0.29, 0.717) is 12.1 Å². The Labute approximate surface area is 120 Å². The lowest BCUT2D eigenvalue weighted by atomic mass is 10.0. The number of piperidine rings is 1. The van der Waals surface area contributed by atoms with Gasteiger partial charge in [0.15, 0.2) is 0 Å². The highest BCUT2D eigenvalue weighted by Crippen LogP contribution is 2.26. The summed E-state index contributed by atoms with van der Waals surface area (Å²) >= 11 is 0. The Balaban J connectivity index is 2.31. The summed E-state index contributed by atoms with van der Waals surface area (Å²) in [6, 6.07) is 8.02. The van der Waals surface area contributed by atoms with Crippen molar-refractivity contribution in [2.24, 2.45) is 0 Å². The number of anilines is 1. The minimum Gasteiger partial charge on any atom is -0.310 e. The van der Waals surface area contributed by atoms with Crippen LogP contribution in [-0.4, -0.2) is 24.5 Å². The molecule has 1 atom stereocenters. The van der Waals surface area contributed by atoms with Gasteiger partial charge in [-0.3, -0.25) is 4.79 Å². The highest BCUT2D eigenvalue weighted by molar-refractivity contribution is 5.99. The molecule has 0 aromatic heterocycles. The monoisotopic (exact) mass is 271 g/mol. The maximum atomic E-state index is 12.6. The van der Waals surface area contributed by atoms with E-state index in [1.807, 2.05) is 39.0 Å². The minimum absolute atomic E-state index is 0.0760. The van der Waals surface area contributed by atoms with E-state index in [0.717, 1.165) is 24.1 Å². The van der Waals surface area contributed by atoms with E-state index >= 15 is 0 Å². The van der Waals surface area contributed by atoms with Gasteiger partial charge < -0.3 is 10.2 Å². The molecule has 1 aromatic rings. The Kier molecular flexibility index (Phi) is 4.41. The second kappa shape index (κ2) is 6.06. The molecule has 1 fully saturated rings. The molecule has 1 N–H and O–H groups in total. The van der Waals surface area contributed by atoms with Gasteiger partial charge in [-0.2, -0.15) is 5.26 Å². The summed E-state index contributed by atoms with van der Waals surface area (Å²) in [6.07, 6.45) is 1.82. The van der Waals surface area contributed by atoms with Crippen molar-refractivity contribution in [2.45, 2.75) is 45.7 Å². The standard InChI is InChI=1S/C16H21N3O/c1-11(2)18-14-7-5-9-19(16(14)20)15-8-4-6-12(3)13(15)10-17/h4,6,8,11,14,18H,5,7,9H2,1-3H3. The van der Waals surface area contributed by atoms with E-state index in [1.54, 1.807) is 4.90 Å². The zero-order chi connectivity index (χ0) is 14.7. The first-order valence-electron chi connectivity index (χ1n) is 7.11. The lowest BCUT2D eigenvalue weighted by molar-refractivity contribution is -0.121. The predicted octanol–water partition coefficient (Wildman–Crippen LogP) is 2.36. The van der Waals surface area contributed by atoms with Gasteiger partial charge in [0.25, 0.3) is 0 Å². The summed E-state index contributed by atoms with van der Waals surface area (Å²) in [7, 11) is 0. The molecule has 4 nitrogen and oxygen atoms in total. The number of rotatable bonds is 3. The quantitative estimate of drug-likeness (QED) is 0.918. The van der Waals surface area contributed by atoms with Crippen LogP contribution in [0.1, 0.15) is 37.8 Å². The number of amides is 1. The number of nitrogens with one attached hydrogen (secondary N) is 1. The molecular formula is C16H21N3O. The van der Waals surface area contributed by atoms with E-state index in [-0.39, 0.29) is 18.0 Å². The highest BCUT2D eigenvalue weighted by Gasteiger charge is 2.31. The Bertz CT molecular complexity index is 545. The summed E-state index contributed by atoms with van der Waals surface area (Å²) < 4.78 is 0. The normalized spacial score (nSPS) is 19.2.